The van der Waals surface area contributed by atoms with Gasteiger partial charge in [-0.3, -0.25) is 0 Å². The second kappa shape index (κ2) is 8.94. The Bertz CT molecular complexity index is 988. The van der Waals surface area contributed by atoms with E-state index in [-0.39, 0.29) is 15.1 Å². The molecule has 146 valence electrons. The summed E-state index contributed by atoms with van der Waals surface area (Å²) in [5, 5.41) is 1.26. The molecule has 10 heteroatoms. The van der Waals surface area contributed by atoms with Gasteiger partial charge in [0.25, 0.3) is 0 Å². The van der Waals surface area contributed by atoms with E-state index in [1.807, 2.05) is 0 Å². The molecule has 0 bridgehead atoms. The molecule has 0 saturated carbocycles. The largest absolute Gasteiger partial charge is 0.419 e. The van der Waals surface area contributed by atoms with Crippen molar-refractivity contribution >= 4 is 69.9 Å². The zero-order chi connectivity index (χ0) is 20.5. The highest BCUT2D eigenvalue weighted by atomic mass is 35.5. The maximum Gasteiger partial charge on any atom is 0.419 e. The molecule has 1 nitrogen and oxygen atoms in total. The molecule has 0 amide bonds. The van der Waals surface area contributed by atoms with Crippen LogP contribution in [0.15, 0.2) is 68.4 Å². The Morgan fingerprint density at radius 2 is 1.14 bits per heavy atom. The van der Waals surface area contributed by atoms with Crippen molar-refractivity contribution in [2.45, 2.75) is 26.0 Å². The van der Waals surface area contributed by atoms with Crippen molar-refractivity contribution in [3.8, 4) is 0 Å². The number of aromatic nitrogens is 1. The predicted octanol–water partition coefficient (Wildman–Crippen LogP) is 9.02. The lowest BCUT2D eigenvalue weighted by Crippen LogP contribution is -2.08. The highest BCUT2D eigenvalue weighted by Gasteiger charge is 2.35. The third-order valence-corrected chi connectivity index (χ3v) is 7.32. The van der Waals surface area contributed by atoms with E-state index in [2.05, 4.69) is 4.98 Å². The van der Waals surface area contributed by atoms with Gasteiger partial charge in [-0.2, -0.15) is 13.2 Å². The van der Waals surface area contributed by atoms with Gasteiger partial charge in [0, 0.05) is 0 Å². The molecule has 0 aliphatic heterocycles. The van der Waals surface area contributed by atoms with Crippen LogP contribution in [-0.4, -0.2) is 4.98 Å². The molecule has 0 N–H and O–H groups in total. The normalized spacial score (nSPS) is 11.7. The van der Waals surface area contributed by atoms with Crippen molar-refractivity contribution in [1.82, 2.24) is 4.98 Å². The van der Waals surface area contributed by atoms with Crippen molar-refractivity contribution in [1.29, 1.82) is 0 Å². The fraction of sp³-hybridized carbons (Fsp3) is 0.0556. The molecular formula is C18H8Cl4F3NS2. The highest BCUT2D eigenvalue weighted by Crippen LogP contribution is 2.45. The zero-order valence-electron chi connectivity index (χ0n) is 13.5. The molecule has 2 aromatic carbocycles. The molecule has 3 aromatic rings. The van der Waals surface area contributed by atoms with Gasteiger partial charge in [0.1, 0.15) is 10.1 Å². The summed E-state index contributed by atoms with van der Waals surface area (Å²) in [6.45, 7) is 0. The van der Waals surface area contributed by atoms with Crippen molar-refractivity contribution in [2.24, 2.45) is 0 Å². The summed E-state index contributed by atoms with van der Waals surface area (Å²) in [4.78, 5) is 4.96. The van der Waals surface area contributed by atoms with Gasteiger partial charge in [-0.25, -0.2) is 4.98 Å². The number of alkyl halides is 3. The van der Waals surface area contributed by atoms with Gasteiger partial charge < -0.3 is 0 Å². The average molecular weight is 501 g/mol. The van der Waals surface area contributed by atoms with E-state index in [9.17, 15) is 13.2 Å². The minimum absolute atomic E-state index is 0.236. The van der Waals surface area contributed by atoms with Crippen LogP contribution in [0.2, 0.25) is 20.1 Å². The monoisotopic (exact) mass is 499 g/mol. The summed E-state index contributed by atoms with van der Waals surface area (Å²) >= 11 is 26.3. The summed E-state index contributed by atoms with van der Waals surface area (Å²) in [6.07, 6.45) is -4.59. The molecule has 0 atom stereocenters. The Morgan fingerprint density at radius 1 is 0.679 bits per heavy atom. The Hall–Kier alpha value is -0.760. The number of hydrogen-bond donors (Lipinski definition) is 0. The molecular weight excluding hydrogens is 493 g/mol. The van der Waals surface area contributed by atoms with Crippen molar-refractivity contribution < 1.29 is 13.2 Å². The van der Waals surface area contributed by atoms with Gasteiger partial charge >= 0.3 is 6.18 Å². The van der Waals surface area contributed by atoms with Crippen LogP contribution in [0.4, 0.5) is 13.2 Å². The van der Waals surface area contributed by atoms with E-state index in [1.165, 1.54) is 6.07 Å². The molecule has 0 saturated heterocycles. The van der Waals surface area contributed by atoms with E-state index in [1.54, 1.807) is 36.4 Å². The summed E-state index contributed by atoms with van der Waals surface area (Å²) in [5.74, 6) is 0. The van der Waals surface area contributed by atoms with Crippen LogP contribution in [0.25, 0.3) is 0 Å². The Labute approximate surface area is 187 Å². The quantitative estimate of drug-likeness (QED) is 0.354. The fourth-order valence-electron chi connectivity index (χ4n) is 2.14. The van der Waals surface area contributed by atoms with Gasteiger partial charge in [-0.05, 0) is 36.4 Å². The minimum atomic E-state index is -4.59. The van der Waals surface area contributed by atoms with E-state index in [0.29, 0.717) is 24.9 Å². The van der Waals surface area contributed by atoms with Crippen LogP contribution in [-0.2, 0) is 6.18 Å². The molecule has 0 radical (unpaired) electrons. The third kappa shape index (κ3) is 5.04. The number of rotatable bonds is 4. The van der Waals surface area contributed by atoms with Crippen LogP contribution < -0.4 is 0 Å². The van der Waals surface area contributed by atoms with Crippen molar-refractivity contribution in [2.75, 3.05) is 0 Å². The second-order valence-electron chi connectivity index (χ2n) is 5.31. The van der Waals surface area contributed by atoms with Crippen molar-refractivity contribution in [3.63, 3.8) is 0 Å². The first-order valence-corrected chi connectivity index (χ1v) is 10.6. The van der Waals surface area contributed by atoms with Gasteiger partial charge in [-0.1, -0.05) is 82.1 Å². The zero-order valence-corrected chi connectivity index (χ0v) is 18.2. The number of benzene rings is 2. The lowest BCUT2D eigenvalue weighted by atomic mass is 10.3. The van der Waals surface area contributed by atoms with Gasteiger partial charge in [0.15, 0.2) is 0 Å². The summed E-state index contributed by atoms with van der Waals surface area (Å²) in [7, 11) is 0. The van der Waals surface area contributed by atoms with Gasteiger partial charge in [0.2, 0.25) is 0 Å². The highest BCUT2D eigenvalue weighted by molar-refractivity contribution is 8.00. The van der Waals surface area contributed by atoms with E-state index in [0.717, 1.165) is 29.6 Å². The van der Waals surface area contributed by atoms with Crippen LogP contribution in [0.3, 0.4) is 0 Å². The number of pyridine rings is 1. The molecule has 1 heterocycles. The van der Waals surface area contributed by atoms with Crippen LogP contribution in [0.5, 0.6) is 0 Å². The van der Waals surface area contributed by atoms with Crippen LogP contribution in [0, 0.1) is 0 Å². The van der Waals surface area contributed by atoms with E-state index < -0.39 is 11.7 Å². The van der Waals surface area contributed by atoms with Gasteiger partial charge in [0.05, 0.1) is 35.4 Å². The minimum Gasteiger partial charge on any atom is -0.234 e. The fourth-order valence-corrected chi connectivity index (χ4v) is 5.23. The Morgan fingerprint density at radius 3 is 1.61 bits per heavy atom. The van der Waals surface area contributed by atoms with E-state index >= 15 is 0 Å². The van der Waals surface area contributed by atoms with Gasteiger partial charge in [-0.15, -0.1) is 0 Å². The topological polar surface area (TPSA) is 12.9 Å². The predicted molar refractivity (Wildman–Crippen MR) is 110 cm³/mol. The number of halogens is 7. The molecule has 0 spiro atoms. The lowest BCUT2D eigenvalue weighted by molar-refractivity contribution is -0.140. The summed E-state index contributed by atoms with van der Waals surface area (Å²) in [5.41, 5.74) is -0.886. The maximum atomic E-state index is 13.5. The first-order valence-electron chi connectivity index (χ1n) is 7.49. The molecule has 28 heavy (non-hydrogen) atoms. The Kier molecular flexibility index (Phi) is 7.00. The second-order valence-corrected chi connectivity index (χ2v) is 8.96. The molecule has 0 aliphatic carbocycles. The first-order chi connectivity index (χ1) is 13.2. The first kappa shape index (κ1) is 21.9. The van der Waals surface area contributed by atoms with E-state index in [4.69, 9.17) is 46.4 Å². The molecule has 0 fully saturated rings. The molecule has 0 aliphatic rings. The lowest BCUT2D eigenvalue weighted by Gasteiger charge is -2.14. The van der Waals surface area contributed by atoms with Crippen LogP contribution >= 0.6 is 69.9 Å². The standard InChI is InChI=1S/C18H8Cl4F3NS2/c19-10-3-1-4-11(20)15(10)27-14-8-7-9(18(23,24)25)17(26-14)28-16-12(21)5-2-6-13(16)22/h1-8H. The Balaban J connectivity index is 2.05. The maximum absolute atomic E-state index is 13.5. The van der Waals surface area contributed by atoms with Crippen LogP contribution in [0.1, 0.15) is 5.56 Å². The summed E-state index contributed by atoms with van der Waals surface area (Å²) < 4.78 is 40.4. The SMILES string of the molecule is FC(F)(F)c1ccc(Sc2c(Cl)cccc2Cl)nc1Sc1c(Cl)cccc1Cl. The molecule has 3 rings (SSSR count). The molecule has 0 unspecified atom stereocenters. The average Bonchev–Trinajstić information content (AvgIpc) is 2.61. The molecule has 1 aromatic heterocycles. The summed E-state index contributed by atoms with van der Waals surface area (Å²) in [6, 6.07) is 11.9. The number of nitrogens with zero attached hydrogens (tertiary/aromatic N) is 1. The smallest absolute Gasteiger partial charge is 0.234 e. The van der Waals surface area contributed by atoms with Crippen molar-refractivity contribution in [3.05, 3.63) is 74.2 Å². The number of hydrogen-bond acceptors (Lipinski definition) is 3. The third-order valence-electron chi connectivity index (χ3n) is 3.38.